The number of fused-ring (bicyclic) bond motifs is 2. The maximum atomic E-state index is 13.0. The van der Waals surface area contributed by atoms with Crippen molar-refractivity contribution in [1.29, 1.82) is 0 Å². The second kappa shape index (κ2) is 11.9. The lowest BCUT2D eigenvalue weighted by Crippen LogP contribution is -2.38. The van der Waals surface area contributed by atoms with Crippen molar-refractivity contribution < 1.29 is 23.7 Å². The van der Waals surface area contributed by atoms with Crippen molar-refractivity contribution in [3.8, 4) is 17.2 Å². The molecule has 0 bridgehead atoms. The highest BCUT2D eigenvalue weighted by Crippen LogP contribution is 2.44. The van der Waals surface area contributed by atoms with Gasteiger partial charge in [-0.25, -0.2) is 0 Å². The summed E-state index contributed by atoms with van der Waals surface area (Å²) in [5, 5.41) is 2.14. The number of benzene rings is 4. The first-order valence-corrected chi connectivity index (χ1v) is 14.4. The Morgan fingerprint density at radius 2 is 1.68 bits per heavy atom. The van der Waals surface area contributed by atoms with Crippen LogP contribution in [0.15, 0.2) is 66.7 Å². The Balaban J connectivity index is 1.21. The van der Waals surface area contributed by atoms with Gasteiger partial charge in [0.2, 0.25) is 0 Å². The van der Waals surface area contributed by atoms with Crippen molar-refractivity contribution in [1.82, 2.24) is 0 Å². The first-order valence-electron chi connectivity index (χ1n) is 14.4. The molecular formula is C36H40O5. The fourth-order valence-corrected chi connectivity index (χ4v) is 5.67. The van der Waals surface area contributed by atoms with Crippen LogP contribution in [0.3, 0.4) is 0 Å². The van der Waals surface area contributed by atoms with E-state index >= 15 is 0 Å². The molecule has 0 aromatic heterocycles. The van der Waals surface area contributed by atoms with Crippen LogP contribution >= 0.6 is 0 Å². The van der Waals surface area contributed by atoms with E-state index in [4.69, 9.17) is 18.9 Å². The van der Waals surface area contributed by atoms with Gasteiger partial charge in [-0.1, -0.05) is 54.6 Å². The van der Waals surface area contributed by atoms with Gasteiger partial charge in [-0.05, 0) is 98.2 Å². The fourth-order valence-electron chi connectivity index (χ4n) is 5.67. The van der Waals surface area contributed by atoms with E-state index < -0.39 is 5.60 Å². The second-order valence-electron chi connectivity index (χ2n) is 11.4. The zero-order valence-electron chi connectivity index (χ0n) is 25.0. The predicted octanol–water partition coefficient (Wildman–Crippen LogP) is 8.17. The van der Waals surface area contributed by atoms with Gasteiger partial charge in [0, 0.05) is 12.0 Å². The Bertz CT molecular complexity index is 1560. The van der Waals surface area contributed by atoms with Crippen LogP contribution in [0.1, 0.15) is 66.0 Å². The number of hydrogen-bond acceptors (Lipinski definition) is 5. The minimum absolute atomic E-state index is 0.222. The standard InChI is InChI=1S/C36H40O5/c1-23-24(2)34-32(26(4)33(23)40-22-27-10-8-7-9-11-27)16-17-36(5,41-34)18-19-39-35(37)25(3)28-12-13-30-21-31(38-6)15-14-29(30)20-28/h7-15,20-21,25H,16-19,22H2,1-6H3/t25-,36-/m0/s1. The molecule has 0 N–H and O–H groups in total. The molecule has 1 aliphatic rings. The van der Waals surface area contributed by atoms with Gasteiger partial charge in [-0.3, -0.25) is 4.79 Å². The average Bonchev–Trinajstić information content (AvgIpc) is 2.99. The van der Waals surface area contributed by atoms with Crippen LogP contribution in [-0.2, 0) is 22.6 Å². The van der Waals surface area contributed by atoms with Crippen molar-refractivity contribution in [2.45, 2.75) is 72.0 Å². The summed E-state index contributed by atoms with van der Waals surface area (Å²) in [7, 11) is 1.66. The number of rotatable bonds is 9. The molecule has 41 heavy (non-hydrogen) atoms. The highest BCUT2D eigenvalue weighted by atomic mass is 16.5. The average molecular weight is 553 g/mol. The monoisotopic (exact) mass is 552 g/mol. The van der Waals surface area contributed by atoms with E-state index in [-0.39, 0.29) is 11.9 Å². The molecule has 4 aromatic rings. The molecule has 0 unspecified atom stereocenters. The van der Waals surface area contributed by atoms with Crippen LogP contribution in [0.25, 0.3) is 10.8 Å². The van der Waals surface area contributed by atoms with Crippen molar-refractivity contribution in [2.24, 2.45) is 0 Å². The van der Waals surface area contributed by atoms with E-state index in [1.165, 1.54) is 5.56 Å². The summed E-state index contributed by atoms with van der Waals surface area (Å²) in [6.07, 6.45) is 2.38. The van der Waals surface area contributed by atoms with Crippen LogP contribution in [0.2, 0.25) is 0 Å². The summed E-state index contributed by atoms with van der Waals surface area (Å²) in [6.45, 7) is 11.2. The molecule has 0 saturated heterocycles. The van der Waals surface area contributed by atoms with Crippen molar-refractivity contribution in [3.05, 3.63) is 100 Å². The lowest BCUT2D eigenvalue weighted by molar-refractivity contribution is -0.146. The molecule has 5 heteroatoms. The van der Waals surface area contributed by atoms with E-state index in [2.05, 4.69) is 45.9 Å². The van der Waals surface area contributed by atoms with Crippen LogP contribution in [-0.4, -0.2) is 25.3 Å². The SMILES string of the molecule is COc1ccc2cc([C@H](C)C(=O)OCC[C@]3(C)CCc4c(C)c(OCc5ccccc5)c(C)c(C)c4O3)ccc2c1. The molecule has 0 fully saturated rings. The molecule has 0 amide bonds. The van der Waals surface area contributed by atoms with Gasteiger partial charge in [0.15, 0.2) is 0 Å². The van der Waals surface area contributed by atoms with Crippen molar-refractivity contribution in [3.63, 3.8) is 0 Å². The predicted molar refractivity (Wildman–Crippen MR) is 163 cm³/mol. The van der Waals surface area contributed by atoms with Crippen molar-refractivity contribution >= 4 is 16.7 Å². The van der Waals surface area contributed by atoms with Gasteiger partial charge in [0.25, 0.3) is 0 Å². The lowest BCUT2D eigenvalue weighted by Gasteiger charge is -2.38. The summed E-state index contributed by atoms with van der Waals surface area (Å²) in [6, 6.07) is 22.2. The molecule has 4 aromatic carbocycles. The molecule has 0 aliphatic carbocycles. The van der Waals surface area contributed by atoms with Crippen LogP contribution < -0.4 is 14.2 Å². The van der Waals surface area contributed by atoms with Crippen LogP contribution in [0.5, 0.6) is 17.2 Å². The lowest BCUT2D eigenvalue weighted by atomic mass is 9.85. The number of esters is 1. The van der Waals surface area contributed by atoms with Gasteiger partial charge in [-0.2, -0.15) is 0 Å². The summed E-state index contributed by atoms with van der Waals surface area (Å²) in [5.74, 6) is 2.14. The smallest absolute Gasteiger partial charge is 0.313 e. The van der Waals surface area contributed by atoms with Gasteiger partial charge in [-0.15, -0.1) is 0 Å². The van der Waals surface area contributed by atoms with Gasteiger partial charge >= 0.3 is 5.97 Å². The molecule has 1 heterocycles. The molecule has 214 valence electrons. The molecular weight excluding hydrogens is 512 g/mol. The third kappa shape index (κ3) is 6.04. The summed E-state index contributed by atoms with van der Waals surface area (Å²) < 4.78 is 24.1. The normalized spacial score (nSPS) is 16.9. The topological polar surface area (TPSA) is 54.0 Å². The minimum Gasteiger partial charge on any atom is -0.497 e. The zero-order chi connectivity index (χ0) is 29.1. The number of carbonyl (C=O) groups excluding carboxylic acids is 1. The summed E-state index contributed by atoms with van der Waals surface area (Å²) in [5.41, 5.74) is 6.26. The quantitative estimate of drug-likeness (QED) is 0.196. The van der Waals surface area contributed by atoms with Gasteiger partial charge < -0.3 is 18.9 Å². The first kappa shape index (κ1) is 28.5. The fraction of sp³-hybridized carbons (Fsp3) is 0.361. The summed E-state index contributed by atoms with van der Waals surface area (Å²) in [4.78, 5) is 13.0. The Hall–Kier alpha value is -3.99. The van der Waals surface area contributed by atoms with E-state index in [1.54, 1.807) is 7.11 Å². The molecule has 0 spiro atoms. The van der Waals surface area contributed by atoms with Gasteiger partial charge in [0.05, 0.1) is 19.6 Å². The maximum Gasteiger partial charge on any atom is 0.313 e. The molecule has 0 radical (unpaired) electrons. The summed E-state index contributed by atoms with van der Waals surface area (Å²) >= 11 is 0. The number of hydrogen-bond donors (Lipinski definition) is 0. The molecule has 5 nitrogen and oxygen atoms in total. The van der Waals surface area contributed by atoms with Gasteiger partial charge in [0.1, 0.15) is 29.5 Å². The third-order valence-corrected chi connectivity index (χ3v) is 8.59. The molecule has 1 aliphatic heterocycles. The second-order valence-corrected chi connectivity index (χ2v) is 11.4. The minimum atomic E-state index is -0.408. The van der Waals surface area contributed by atoms with E-state index in [0.29, 0.717) is 19.6 Å². The molecule has 5 rings (SSSR count). The molecule has 0 saturated carbocycles. The Kier molecular flexibility index (Phi) is 8.25. The molecule has 2 atom stereocenters. The van der Waals surface area contributed by atoms with Crippen molar-refractivity contribution in [2.75, 3.05) is 13.7 Å². The largest absolute Gasteiger partial charge is 0.497 e. The Morgan fingerprint density at radius 1 is 0.951 bits per heavy atom. The maximum absolute atomic E-state index is 13.0. The van der Waals surface area contributed by atoms with Crippen LogP contribution in [0, 0.1) is 20.8 Å². The first-order chi connectivity index (χ1) is 19.7. The number of methoxy groups -OCH3 is 1. The van der Waals surface area contributed by atoms with E-state index in [9.17, 15) is 4.79 Å². The highest BCUT2D eigenvalue weighted by Gasteiger charge is 2.35. The van der Waals surface area contributed by atoms with E-state index in [0.717, 1.165) is 68.7 Å². The van der Waals surface area contributed by atoms with Crippen LogP contribution in [0.4, 0.5) is 0 Å². The Labute approximate surface area is 243 Å². The Morgan fingerprint density at radius 3 is 2.44 bits per heavy atom. The number of ether oxygens (including phenoxy) is 4. The zero-order valence-corrected chi connectivity index (χ0v) is 25.0. The number of carbonyl (C=O) groups is 1. The van der Waals surface area contributed by atoms with E-state index in [1.807, 2.05) is 55.5 Å². The highest BCUT2D eigenvalue weighted by molar-refractivity contribution is 5.86. The third-order valence-electron chi connectivity index (χ3n) is 8.59.